The Labute approximate surface area is 164 Å². The molecule has 1 atom stereocenters. The highest BCUT2D eigenvalue weighted by Gasteiger charge is 2.21. The number of ether oxygens (including phenoxy) is 2. The lowest BCUT2D eigenvalue weighted by atomic mass is 10.1. The predicted molar refractivity (Wildman–Crippen MR) is 107 cm³/mol. The Bertz CT molecular complexity index is 895. The van der Waals surface area contributed by atoms with Crippen LogP contribution >= 0.6 is 0 Å². The van der Waals surface area contributed by atoms with Crippen LogP contribution in [0.2, 0.25) is 0 Å². The van der Waals surface area contributed by atoms with Gasteiger partial charge >= 0.3 is 6.03 Å². The van der Waals surface area contributed by atoms with Crippen molar-refractivity contribution in [1.29, 1.82) is 0 Å². The molecule has 2 aromatic carbocycles. The molecule has 7 nitrogen and oxygen atoms in total. The third-order valence-corrected chi connectivity index (χ3v) is 4.22. The number of imidazole rings is 1. The van der Waals surface area contributed by atoms with Crippen molar-refractivity contribution >= 4 is 6.03 Å². The van der Waals surface area contributed by atoms with E-state index in [1.807, 2.05) is 72.4 Å². The average Bonchev–Trinajstić information content (AvgIpc) is 3.16. The fourth-order valence-electron chi connectivity index (χ4n) is 2.81. The van der Waals surface area contributed by atoms with Crippen molar-refractivity contribution in [3.8, 4) is 11.5 Å². The minimum absolute atomic E-state index is 0.299. The predicted octanol–water partition coefficient (Wildman–Crippen LogP) is 2.90. The highest BCUT2D eigenvalue weighted by molar-refractivity contribution is 5.74. The molecule has 0 fully saturated rings. The van der Waals surface area contributed by atoms with Crippen LogP contribution in [0.4, 0.5) is 4.79 Å². The molecule has 0 bridgehead atoms. The van der Waals surface area contributed by atoms with E-state index in [1.54, 1.807) is 13.3 Å². The molecule has 2 amide bonds. The van der Waals surface area contributed by atoms with E-state index in [1.165, 1.54) is 0 Å². The van der Waals surface area contributed by atoms with E-state index >= 15 is 0 Å². The summed E-state index contributed by atoms with van der Waals surface area (Å²) >= 11 is 0. The van der Waals surface area contributed by atoms with Gasteiger partial charge in [-0.3, -0.25) is 0 Å². The summed E-state index contributed by atoms with van der Waals surface area (Å²) in [5.74, 6) is 2.21. The zero-order chi connectivity index (χ0) is 19.8. The van der Waals surface area contributed by atoms with Crippen LogP contribution in [-0.4, -0.2) is 35.8 Å². The number of methoxy groups -OCH3 is 1. The van der Waals surface area contributed by atoms with Gasteiger partial charge in [-0.25, -0.2) is 9.78 Å². The molecule has 0 aliphatic rings. The molecule has 0 aliphatic heterocycles. The van der Waals surface area contributed by atoms with Gasteiger partial charge in [-0.05, 0) is 29.8 Å². The van der Waals surface area contributed by atoms with Crippen molar-refractivity contribution in [2.45, 2.75) is 6.04 Å². The van der Waals surface area contributed by atoms with E-state index in [0.717, 1.165) is 22.9 Å². The molecule has 1 unspecified atom stereocenters. The summed E-state index contributed by atoms with van der Waals surface area (Å²) in [6.45, 7) is 0.760. The van der Waals surface area contributed by atoms with Crippen LogP contribution in [0.1, 0.15) is 17.4 Å². The standard InChI is InChI=1S/C21H24N4O3/c1-25-13-11-22-20(25)19(16-7-6-10-18(15-16)27-2)24-21(26)23-12-14-28-17-8-4-3-5-9-17/h3-11,13,15,19H,12,14H2,1-2H3,(H2,23,24,26). The van der Waals surface area contributed by atoms with Crippen LogP contribution in [-0.2, 0) is 7.05 Å². The van der Waals surface area contributed by atoms with Gasteiger partial charge in [0.25, 0.3) is 0 Å². The van der Waals surface area contributed by atoms with Crippen LogP contribution in [0.15, 0.2) is 67.0 Å². The van der Waals surface area contributed by atoms with Gasteiger partial charge in [-0.1, -0.05) is 30.3 Å². The first kappa shape index (κ1) is 19.3. The summed E-state index contributed by atoms with van der Waals surface area (Å²) in [7, 11) is 3.50. The number of aromatic nitrogens is 2. The van der Waals surface area contributed by atoms with Gasteiger partial charge < -0.3 is 24.7 Å². The molecular formula is C21H24N4O3. The molecule has 0 spiro atoms. The molecule has 1 heterocycles. The van der Waals surface area contributed by atoms with Gasteiger partial charge in [-0.15, -0.1) is 0 Å². The number of amides is 2. The van der Waals surface area contributed by atoms with Crippen molar-refractivity contribution < 1.29 is 14.3 Å². The lowest BCUT2D eigenvalue weighted by molar-refractivity contribution is 0.233. The quantitative estimate of drug-likeness (QED) is 0.589. The van der Waals surface area contributed by atoms with E-state index in [9.17, 15) is 4.79 Å². The van der Waals surface area contributed by atoms with Gasteiger partial charge in [0.1, 0.15) is 30.0 Å². The maximum Gasteiger partial charge on any atom is 0.315 e. The Morgan fingerprint density at radius 1 is 1.14 bits per heavy atom. The zero-order valence-corrected chi connectivity index (χ0v) is 16.0. The Morgan fingerprint density at radius 3 is 2.64 bits per heavy atom. The number of rotatable bonds is 8. The molecular weight excluding hydrogens is 356 g/mol. The average molecular weight is 380 g/mol. The minimum atomic E-state index is -0.412. The maximum absolute atomic E-state index is 12.5. The van der Waals surface area contributed by atoms with Crippen molar-refractivity contribution in [2.24, 2.45) is 7.05 Å². The first-order chi connectivity index (χ1) is 13.7. The van der Waals surface area contributed by atoms with Crippen LogP contribution < -0.4 is 20.1 Å². The van der Waals surface area contributed by atoms with Gasteiger partial charge in [0.05, 0.1) is 13.7 Å². The number of hydrogen-bond acceptors (Lipinski definition) is 4. The minimum Gasteiger partial charge on any atom is -0.497 e. The summed E-state index contributed by atoms with van der Waals surface area (Å²) in [5.41, 5.74) is 0.879. The van der Waals surface area contributed by atoms with Gasteiger partial charge in [0.2, 0.25) is 0 Å². The first-order valence-corrected chi connectivity index (χ1v) is 9.01. The number of aryl methyl sites for hydroxylation is 1. The number of nitrogens with zero attached hydrogens (tertiary/aromatic N) is 2. The Kier molecular flexibility index (Phi) is 6.51. The summed E-state index contributed by atoms with van der Waals surface area (Å²) in [6, 6.07) is 16.3. The lowest BCUT2D eigenvalue weighted by Gasteiger charge is -2.20. The van der Waals surface area contributed by atoms with E-state index < -0.39 is 6.04 Å². The molecule has 0 radical (unpaired) electrons. The molecule has 0 saturated heterocycles. The molecule has 3 rings (SSSR count). The summed E-state index contributed by atoms with van der Waals surface area (Å²) < 4.78 is 12.8. The van der Waals surface area contributed by atoms with Gasteiger partial charge in [0.15, 0.2) is 0 Å². The van der Waals surface area contributed by atoms with Gasteiger partial charge in [-0.2, -0.15) is 0 Å². The number of carbonyl (C=O) groups excluding carboxylic acids is 1. The van der Waals surface area contributed by atoms with Gasteiger partial charge in [0, 0.05) is 19.4 Å². The molecule has 2 N–H and O–H groups in total. The van der Waals surface area contributed by atoms with Crippen molar-refractivity contribution in [3.05, 3.63) is 78.4 Å². The van der Waals surface area contributed by atoms with E-state index in [4.69, 9.17) is 9.47 Å². The molecule has 3 aromatic rings. The highest BCUT2D eigenvalue weighted by Crippen LogP contribution is 2.24. The highest BCUT2D eigenvalue weighted by atomic mass is 16.5. The molecule has 1 aromatic heterocycles. The number of urea groups is 1. The number of benzene rings is 2. The third-order valence-electron chi connectivity index (χ3n) is 4.22. The van der Waals surface area contributed by atoms with E-state index in [2.05, 4.69) is 15.6 Å². The summed E-state index contributed by atoms with van der Waals surface area (Å²) in [5, 5.41) is 5.80. The van der Waals surface area contributed by atoms with Crippen LogP contribution in [0, 0.1) is 0 Å². The Hall–Kier alpha value is -3.48. The summed E-state index contributed by atoms with van der Waals surface area (Å²) in [6.07, 6.45) is 3.55. The molecule has 28 heavy (non-hydrogen) atoms. The largest absolute Gasteiger partial charge is 0.497 e. The van der Waals surface area contributed by atoms with Crippen LogP contribution in [0.25, 0.3) is 0 Å². The smallest absolute Gasteiger partial charge is 0.315 e. The Morgan fingerprint density at radius 2 is 1.93 bits per heavy atom. The Balaban J connectivity index is 1.62. The second kappa shape index (κ2) is 9.45. The van der Waals surface area contributed by atoms with Crippen molar-refractivity contribution in [3.63, 3.8) is 0 Å². The fraction of sp³-hybridized carbons (Fsp3) is 0.238. The third kappa shape index (κ3) is 5.03. The SMILES string of the molecule is COc1cccc(C(NC(=O)NCCOc2ccccc2)c2nccn2C)c1. The number of hydrogen-bond donors (Lipinski definition) is 2. The molecule has 0 saturated carbocycles. The topological polar surface area (TPSA) is 77.4 Å². The fourth-order valence-corrected chi connectivity index (χ4v) is 2.81. The lowest BCUT2D eigenvalue weighted by Crippen LogP contribution is -2.40. The molecule has 0 aliphatic carbocycles. The molecule has 146 valence electrons. The van der Waals surface area contributed by atoms with Crippen molar-refractivity contribution in [1.82, 2.24) is 20.2 Å². The normalized spacial score (nSPS) is 11.5. The second-order valence-electron chi connectivity index (χ2n) is 6.17. The maximum atomic E-state index is 12.5. The van der Waals surface area contributed by atoms with Crippen LogP contribution in [0.3, 0.4) is 0 Å². The van der Waals surface area contributed by atoms with Crippen LogP contribution in [0.5, 0.6) is 11.5 Å². The molecule has 7 heteroatoms. The monoisotopic (exact) mass is 380 g/mol. The van der Waals surface area contributed by atoms with E-state index in [-0.39, 0.29) is 6.03 Å². The number of nitrogens with one attached hydrogen (secondary N) is 2. The van der Waals surface area contributed by atoms with Crippen molar-refractivity contribution in [2.75, 3.05) is 20.3 Å². The first-order valence-electron chi connectivity index (χ1n) is 9.01. The number of para-hydroxylation sites is 1. The summed E-state index contributed by atoms with van der Waals surface area (Å²) in [4.78, 5) is 16.8. The number of carbonyl (C=O) groups is 1. The zero-order valence-electron chi connectivity index (χ0n) is 16.0. The van der Waals surface area contributed by atoms with E-state index in [0.29, 0.717) is 13.2 Å². The second-order valence-corrected chi connectivity index (χ2v) is 6.17.